The number of hydrogen-bond donors (Lipinski definition) is 2. The van der Waals surface area contributed by atoms with Crippen molar-refractivity contribution in [1.82, 2.24) is 5.32 Å². The normalized spacial score (nSPS) is 13.9. The Balaban J connectivity index is 1.42. The van der Waals surface area contributed by atoms with Gasteiger partial charge in [-0.15, -0.1) is 0 Å². The maximum Gasteiger partial charge on any atom is 0.339 e. The molecule has 150 valence electrons. The summed E-state index contributed by atoms with van der Waals surface area (Å²) >= 11 is 6.32. The number of halogens is 1. The largest absolute Gasteiger partial charge is 0.482 e. The number of fused-ring (bicyclic) bond motifs is 3. The van der Waals surface area contributed by atoms with Crippen molar-refractivity contribution in [2.45, 2.75) is 25.4 Å². The molecule has 3 aromatic rings. The molecule has 1 atom stereocenters. The number of aryl methyl sites for hydroxylation is 1. The van der Waals surface area contributed by atoms with E-state index in [1.807, 2.05) is 18.2 Å². The van der Waals surface area contributed by atoms with E-state index in [-0.39, 0.29) is 24.5 Å². The van der Waals surface area contributed by atoms with E-state index in [1.54, 1.807) is 24.3 Å². The van der Waals surface area contributed by atoms with Crippen LogP contribution in [0, 0.1) is 0 Å². The van der Waals surface area contributed by atoms with Gasteiger partial charge in [-0.1, -0.05) is 41.9 Å². The van der Waals surface area contributed by atoms with E-state index < -0.39 is 12.0 Å². The Kier molecular flexibility index (Phi) is 5.56. The van der Waals surface area contributed by atoms with Crippen LogP contribution in [0.1, 0.15) is 29.2 Å². The second-order valence-corrected chi connectivity index (χ2v) is 7.41. The molecule has 0 fully saturated rings. The number of ether oxygens (including phenoxy) is 1. The molecular weight excluding hydrogens is 394 g/mol. The number of benzene rings is 2. The van der Waals surface area contributed by atoms with Crippen molar-refractivity contribution in [3.8, 4) is 5.75 Å². The number of carbonyl (C=O) groups is 1. The summed E-state index contributed by atoms with van der Waals surface area (Å²) in [6.07, 6.45) is 1.66. The highest BCUT2D eigenvalue weighted by Gasteiger charge is 2.21. The first-order valence-corrected chi connectivity index (χ1v) is 9.81. The zero-order chi connectivity index (χ0) is 20.4. The van der Waals surface area contributed by atoms with Gasteiger partial charge in [-0.3, -0.25) is 4.79 Å². The van der Waals surface area contributed by atoms with Crippen molar-refractivity contribution in [3.05, 3.63) is 74.6 Å². The van der Waals surface area contributed by atoms with Crippen molar-refractivity contribution in [2.24, 2.45) is 0 Å². The minimum Gasteiger partial charge on any atom is -0.482 e. The van der Waals surface area contributed by atoms with Crippen molar-refractivity contribution >= 4 is 28.5 Å². The number of aliphatic hydroxyl groups is 1. The van der Waals surface area contributed by atoms with Crippen LogP contribution in [0.25, 0.3) is 11.0 Å². The molecule has 2 N–H and O–H groups in total. The van der Waals surface area contributed by atoms with Gasteiger partial charge in [0.25, 0.3) is 5.91 Å². The fraction of sp³-hybridized carbons (Fsp3) is 0.273. The standard InChI is InChI=1S/C22H20ClNO5/c23-17-9-16-14-7-4-8-15(14)22(27)29-19(16)10-20(17)28-12-21(26)24-11-18(25)13-5-2-1-3-6-13/h1-3,5-6,9-10,18,25H,4,7-8,11-12H2,(H,24,26)/t18-/m0/s1. The number of rotatable bonds is 6. The molecule has 0 bridgehead atoms. The lowest BCUT2D eigenvalue weighted by molar-refractivity contribution is -0.123. The van der Waals surface area contributed by atoms with Gasteiger partial charge >= 0.3 is 5.63 Å². The third-order valence-electron chi connectivity index (χ3n) is 5.06. The van der Waals surface area contributed by atoms with Gasteiger partial charge in [-0.2, -0.15) is 0 Å². The van der Waals surface area contributed by atoms with E-state index in [9.17, 15) is 14.7 Å². The zero-order valence-electron chi connectivity index (χ0n) is 15.6. The predicted molar refractivity (Wildman–Crippen MR) is 109 cm³/mol. The zero-order valence-corrected chi connectivity index (χ0v) is 16.4. The van der Waals surface area contributed by atoms with E-state index in [0.717, 1.165) is 35.8 Å². The predicted octanol–water partition coefficient (Wildman–Crippen LogP) is 3.16. The Bertz CT molecular complexity index is 1110. The maximum absolute atomic E-state index is 12.1. The maximum atomic E-state index is 12.1. The van der Waals surface area contributed by atoms with Crippen LogP contribution in [0.15, 0.2) is 51.7 Å². The van der Waals surface area contributed by atoms with Gasteiger partial charge in [0, 0.05) is 23.6 Å². The molecule has 1 aliphatic carbocycles. The molecule has 0 saturated carbocycles. The Morgan fingerprint density at radius 3 is 2.76 bits per heavy atom. The van der Waals surface area contributed by atoms with Crippen molar-refractivity contribution in [1.29, 1.82) is 0 Å². The molecular formula is C22H20ClNO5. The fourth-order valence-electron chi connectivity index (χ4n) is 3.59. The summed E-state index contributed by atoms with van der Waals surface area (Å²) in [5.74, 6) is -0.134. The minimum absolute atomic E-state index is 0.0681. The number of nitrogens with one attached hydrogen (secondary N) is 1. The molecule has 6 nitrogen and oxygen atoms in total. The van der Waals surface area contributed by atoms with Crippen LogP contribution < -0.4 is 15.7 Å². The Labute approximate surface area is 172 Å². The molecule has 1 aromatic heterocycles. The molecule has 1 amide bonds. The van der Waals surface area contributed by atoms with Crippen LogP contribution in [0.5, 0.6) is 5.75 Å². The van der Waals surface area contributed by atoms with Gasteiger partial charge < -0.3 is 19.6 Å². The molecule has 1 aliphatic rings. The number of aliphatic hydroxyl groups excluding tert-OH is 1. The highest BCUT2D eigenvalue weighted by atomic mass is 35.5. The Hall–Kier alpha value is -2.83. The van der Waals surface area contributed by atoms with Crippen LogP contribution in [0.2, 0.25) is 5.02 Å². The van der Waals surface area contributed by atoms with E-state index in [4.69, 9.17) is 20.8 Å². The van der Waals surface area contributed by atoms with Gasteiger partial charge in [0.15, 0.2) is 6.61 Å². The highest BCUT2D eigenvalue weighted by molar-refractivity contribution is 6.32. The molecule has 4 rings (SSSR count). The van der Waals surface area contributed by atoms with Crippen molar-refractivity contribution in [2.75, 3.05) is 13.2 Å². The summed E-state index contributed by atoms with van der Waals surface area (Å²) < 4.78 is 10.9. The Morgan fingerprint density at radius 1 is 1.21 bits per heavy atom. The van der Waals surface area contributed by atoms with Gasteiger partial charge in [0.2, 0.25) is 0 Å². The summed E-state index contributed by atoms with van der Waals surface area (Å²) in [6.45, 7) is -0.208. The number of carbonyl (C=O) groups excluding carboxylic acids is 1. The average Bonchev–Trinajstić information content (AvgIpc) is 3.23. The smallest absolute Gasteiger partial charge is 0.339 e. The third-order valence-corrected chi connectivity index (χ3v) is 5.36. The average molecular weight is 414 g/mol. The molecule has 7 heteroatoms. The molecule has 29 heavy (non-hydrogen) atoms. The Morgan fingerprint density at radius 2 is 1.97 bits per heavy atom. The molecule has 0 saturated heterocycles. The molecule has 0 aliphatic heterocycles. The number of amides is 1. The van der Waals surface area contributed by atoms with Gasteiger partial charge in [-0.25, -0.2) is 4.79 Å². The lowest BCUT2D eigenvalue weighted by atomic mass is 10.1. The molecule has 0 spiro atoms. The summed E-state index contributed by atoms with van der Waals surface area (Å²) in [6, 6.07) is 12.3. The second-order valence-electron chi connectivity index (χ2n) is 7.00. The van der Waals surface area contributed by atoms with Crippen LogP contribution in [-0.2, 0) is 17.6 Å². The van der Waals surface area contributed by atoms with E-state index in [1.165, 1.54) is 0 Å². The SMILES string of the molecule is O=C(COc1cc2oc(=O)c3c(c2cc1Cl)CCC3)NC[C@H](O)c1ccccc1. The molecule has 1 heterocycles. The molecule has 0 radical (unpaired) electrons. The topological polar surface area (TPSA) is 88.8 Å². The van der Waals surface area contributed by atoms with Crippen LogP contribution in [0.3, 0.4) is 0 Å². The van der Waals surface area contributed by atoms with Crippen LogP contribution in [0.4, 0.5) is 0 Å². The van der Waals surface area contributed by atoms with E-state index in [2.05, 4.69) is 5.32 Å². The summed E-state index contributed by atoms with van der Waals surface area (Å²) in [4.78, 5) is 24.2. The quantitative estimate of drug-likeness (QED) is 0.606. The molecule has 0 unspecified atom stereocenters. The first kappa shape index (κ1) is 19.5. The van der Waals surface area contributed by atoms with Gasteiger partial charge in [-0.05, 0) is 36.5 Å². The van der Waals surface area contributed by atoms with Gasteiger partial charge in [0.05, 0.1) is 11.1 Å². The van der Waals surface area contributed by atoms with Crippen molar-refractivity contribution < 1.29 is 19.1 Å². The third kappa shape index (κ3) is 4.13. The first-order chi connectivity index (χ1) is 14.0. The second kappa shape index (κ2) is 8.27. The lowest BCUT2D eigenvalue weighted by Crippen LogP contribution is -2.32. The fourth-order valence-corrected chi connectivity index (χ4v) is 3.81. The van der Waals surface area contributed by atoms with Gasteiger partial charge in [0.1, 0.15) is 11.3 Å². The highest BCUT2D eigenvalue weighted by Crippen LogP contribution is 2.34. The van der Waals surface area contributed by atoms with Crippen LogP contribution >= 0.6 is 11.6 Å². The van der Waals surface area contributed by atoms with Crippen molar-refractivity contribution in [3.63, 3.8) is 0 Å². The minimum atomic E-state index is -0.805. The first-order valence-electron chi connectivity index (χ1n) is 9.43. The molecule has 2 aromatic carbocycles. The van der Waals surface area contributed by atoms with E-state index >= 15 is 0 Å². The van der Waals surface area contributed by atoms with E-state index in [0.29, 0.717) is 16.2 Å². The lowest BCUT2D eigenvalue weighted by Gasteiger charge is -2.13. The number of hydrogen-bond acceptors (Lipinski definition) is 5. The summed E-state index contributed by atoms with van der Waals surface area (Å²) in [5.41, 5.74) is 2.49. The van der Waals surface area contributed by atoms with Crippen LogP contribution in [-0.4, -0.2) is 24.2 Å². The summed E-state index contributed by atoms with van der Waals surface area (Å²) in [7, 11) is 0. The summed E-state index contributed by atoms with van der Waals surface area (Å²) in [5, 5.41) is 13.9. The monoisotopic (exact) mass is 413 g/mol.